The maximum absolute atomic E-state index is 13.5. The second-order valence-electron chi connectivity index (χ2n) is 6.02. The predicted molar refractivity (Wildman–Crippen MR) is 77.7 cm³/mol. The summed E-state index contributed by atoms with van der Waals surface area (Å²) >= 11 is 1.51. The van der Waals surface area contributed by atoms with Crippen LogP contribution >= 0.6 is 11.8 Å². The van der Waals surface area contributed by atoms with Crippen LogP contribution in [0.3, 0.4) is 0 Å². The number of hydrogen-bond donors (Lipinski definition) is 1. The lowest BCUT2D eigenvalue weighted by atomic mass is 9.90. The number of halogens is 3. The van der Waals surface area contributed by atoms with Gasteiger partial charge >= 0.3 is 0 Å². The van der Waals surface area contributed by atoms with Crippen LogP contribution in [0.25, 0.3) is 0 Å². The molecule has 0 spiro atoms. The molecule has 1 heterocycles. The fraction of sp³-hybridized carbons (Fsp3) is 0.500. The molecule has 0 amide bonds. The molecule has 110 valence electrons. The molecule has 0 aliphatic carbocycles. The van der Waals surface area contributed by atoms with Crippen molar-refractivity contribution in [1.82, 2.24) is 0 Å². The number of aliphatic imine (C=N–C) groups is 1. The van der Waals surface area contributed by atoms with Crippen LogP contribution in [-0.2, 0) is 0 Å². The minimum atomic E-state index is -1.19. The second kappa shape index (κ2) is 5.68. The van der Waals surface area contributed by atoms with E-state index >= 15 is 0 Å². The first-order valence-corrected chi connectivity index (χ1v) is 7.25. The third kappa shape index (κ3) is 3.91. The quantitative estimate of drug-likeness (QED) is 0.818. The van der Waals surface area contributed by atoms with E-state index in [1.54, 1.807) is 0 Å². The molecule has 0 saturated carbocycles. The third-order valence-electron chi connectivity index (χ3n) is 2.81. The lowest BCUT2D eigenvalue weighted by Gasteiger charge is -2.21. The van der Waals surface area contributed by atoms with Gasteiger partial charge in [0.1, 0.15) is 5.82 Å². The monoisotopic (exact) mass is 302 g/mol. The van der Waals surface area contributed by atoms with Crippen molar-refractivity contribution in [2.75, 3.05) is 11.9 Å². The SMILES string of the molecule is CC(C)(C)CC1CN=C(Nc2cc(F)c(F)cc2F)S1. The fourth-order valence-electron chi connectivity index (χ4n) is 2.01. The molecule has 1 atom stereocenters. The third-order valence-corrected chi connectivity index (χ3v) is 3.91. The molecule has 1 aromatic carbocycles. The molecule has 20 heavy (non-hydrogen) atoms. The zero-order chi connectivity index (χ0) is 14.9. The van der Waals surface area contributed by atoms with Crippen LogP contribution in [0.4, 0.5) is 18.9 Å². The molecule has 6 heteroatoms. The molecule has 1 aliphatic rings. The molecule has 0 radical (unpaired) electrons. The van der Waals surface area contributed by atoms with Crippen molar-refractivity contribution in [2.45, 2.75) is 32.4 Å². The second-order valence-corrected chi connectivity index (χ2v) is 7.31. The van der Waals surface area contributed by atoms with Crippen LogP contribution in [0.1, 0.15) is 27.2 Å². The Kier molecular flexibility index (Phi) is 4.32. The van der Waals surface area contributed by atoms with Crippen molar-refractivity contribution in [3.8, 4) is 0 Å². The van der Waals surface area contributed by atoms with E-state index in [4.69, 9.17) is 0 Å². The number of amidine groups is 1. The molecule has 1 N–H and O–H groups in total. The van der Waals surface area contributed by atoms with Crippen molar-refractivity contribution in [3.63, 3.8) is 0 Å². The Morgan fingerprint density at radius 2 is 1.85 bits per heavy atom. The molecular weight excluding hydrogens is 285 g/mol. The van der Waals surface area contributed by atoms with Crippen molar-refractivity contribution in [2.24, 2.45) is 10.4 Å². The summed E-state index contributed by atoms with van der Waals surface area (Å²) in [6, 6.07) is 1.34. The van der Waals surface area contributed by atoms with E-state index in [1.807, 2.05) is 0 Å². The molecule has 1 aliphatic heterocycles. The molecule has 2 rings (SSSR count). The van der Waals surface area contributed by atoms with E-state index in [9.17, 15) is 13.2 Å². The van der Waals surface area contributed by atoms with Gasteiger partial charge in [0.25, 0.3) is 0 Å². The Morgan fingerprint density at radius 1 is 1.20 bits per heavy atom. The maximum Gasteiger partial charge on any atom is 0.161 e. The lowest BCUT2D eigenvalue weighted by molar-refractivity contribution is 0.375. The van der Waals surface area contributed by atoms with Gasteiger partial charge in [0.05, 0.1) is 12.2 Å². The Bertz CT molecular complexity index is 538. The Morgan fingerprint density at radius 3 is 2.50 bits per heavy atom. The van der Waals surface area contributed by atoms with Gasteiger partial charge in [0.15, 0.2) is 16.8 Å². The van der Waals surface area contributed by atoms with Crippen LogP contribution in [-0.4, -0.2) is 17.0 Å². The summed E-state index contributed by atoms with van der Waals surface area (Å²) < 4.78 is 39.5. The minimum absolute atomic E-state index is 0.0911. The molecule has 1 unspecified atom stereocenters. The first kappa shape index (κ1) is 15.2. The van der Waals surface area contributed by atoms with Gasteiger partial charge in [-0.25, -0.2) is 13.2 Å². The van der Waals surface area contributed by atoms with E-state index in [0.29, 0.717) is 23.0 Å². The number of benzene rings is 1. The molecule has 0 bridgehead atoms. The first-order chi connectivity index (χ1) is 9.24. The van der Waals surface area contributed by atoms with E-state index < -0.39 is 17.5 Å². The summed E-state index contributed by atoms with van der Waals surface area (Å²) in [6.45, 7) is 7.09. The van der Waals surface area contributed by atoms with Crippen LogP contribution in [0, 0.1) is 22.9 Å². The highest BCUT2D eigenvalue weighted by Crippen LogP contribution is 2.32. The number of anilines is 1. The van der Waals surface area contributed by atoms with Crippen LogP contribution in [0.2, 0.25) is 0 Å². The highest BCUT2D eigenvalue weighted by molar-refractivity contribution is 8.15. The van der Waals surface area contributed by atoms with Gasteiger partial charge in [0, 0.05) is 17.4 Å². The first-order valence-electron chi connectivity index (χ1n) is 6.37. The van der Waals surface area contributed by atoms with Gasteiger partial charge in [-0.1, -0.05) is 32.5 Å². The summed E-state index contributed by atoms with van der Waals surface area (Å²) in [7, 11) is 0. The van der Waals surface area contributed by atoms with Crippen molar-refractivity contribution in [1.29, 1.82) is 0 Å². The highest BCUT2D eigenvalue weighted by Gasteiger charge is 2.25. The summed E-state index contributed by atoms with van der Waals surface area (Å²) in [5.41, 5.74) is 0.0992. The zero-order valence-corrected chi connectivity index (χ0v) is 12.5. The number of hydrogen-bond acceptors (Lipinski definition) is 3. The average molecular weight is 302 g/mol. The van der Waals surface area contributed by atoms with Gasteiger partial charge in [-0.05, 0) is 11.8 Å². The number of nitrogens with one attached hydrogen (secondary N) is 1. The lowest BCUT2D eigenvalue weighted by Crippen LogP contribution is -2.16. The van der Waals surface area contributed by atoms with Gasteiger partial charge in [0.2, 0.25) is 0 Å². The zero-order valence-electron chi connectivity index (χ0n) is 11.6. The van der Waals surface area contributed by atoms with E-state index in [1.165, 1.54) is 11.8 Å². The van der Waals surface area contributed by atoms with Crippen molar-refractivity contribution >= 4 is 22.6 Å². The molecule has 0 saturated heterocycles. The maximum atomic E-state index is 13.5. The average Bonchev–Trinajstić information content (AvgIpc) is 2.71. The predicted octanol–water partition coefficient (Wildman–Crippen LogP) is 4.42. The minimum Gasteiger partial charge on any atom is -0.332 e. The van der Waals surface area contributed by atoms with Crippen LogP contribution < -0.4 is 5.32 Å². The summed E-state index contributed by atoms with van der Waals surface area (Å²) in [5, 5.41) is 3.59. The highest BCUT2D eigenvalue weighted by atomic mass is 32.2. The molecule has 2 nitrogen and oxygen atoms in total. The number of rotatable bonds is 2. The Labute approximate surface area is 120 Å². The number of thioether (sulfide) groups is 1. The van der Waals surface area contributed by atoms with Crippen molar-refractivity contribution < 1.29 is 13.2 Å². The summed E-state index contributed by atoms with van der Waals surface area (Å²) in [5.74, 6) is -3.10. The van der Waals surface area contributed by atoms with Crippen LogP contribution in [0.15, 0.2) is 17.1 Å². The van der Waals surface area contributed by atoms with Gasteiger partial charge in [-0.3, -0.25) is 4.99 Å². The molecular formula is C14H17F3N2S. The standard InChI is InChI=1S/C14H17F3N2S/c1-14(2,3)6-8-7-18-13(20-8)19-12-5-10(16)9(15)4-11(12)17/h4-5,8H,6-7H2,1-3H3,(H,18,19). The van der Waals surface area contributed by atoms with Gasteiger partial charge in [-0.15, -0.1) is 0 Å². The van der Waals surface area contributed by atoms with Gasteiger partial charge in [-0.2, -0.15) is 0 Å². The Balaban J connectivity index is 2.01. The smallest absolute Gasteiger partial charge is 0.161 e. The van der Waals surface area contributed by atoms with Gasteiger partial charge < -0.3 is 5.32 Å². The molecule has 0 aromatic heterocycles. The summed E-state index contributed by atoms with van der Waals surface area (Å²) in [6.07, 6.45) is 0.979. The number of nitrogens with zero attached hydrogens (tertiary/aromatic N) is 1. The van der Waals surface area contributed by atoms with E-state index in [0.717, 1.165) is 12.5 Å². The normalized spacial score (nSPS) is 19.1. The van der Waals surface area contributed by atoms with Crippen LogP contribution in [0.5, 0.6) is 0 Å². The van der Waals surface area contributed by atoms with E-state index in [2.05, 4.69) is 31.1 Å². The molecule has 0 fully saturated rings. The fourth-order valence-corrected chi connectivity index (χ4v) is 3.38. The summed E-state index contributed by atoms with van der Waals surface area (Å²) in [4.78, 5) is 4.28. The topological polar surface area (TPSA) is 24.4 Å². The largest absolute Gasteiger partial charge is 0.332 e. The van der Waals surface area contributed by atoms with Crippen molar-refractivity contribution in [3.05, 3.63) is 29.6 Å². The Hall–Kier alpha value is -1.17. The van der Waals surface area contributed by atoms with E-state index in [-0.39, 0.29) is 11.1 Å². The molecule has 1 aromatic rings.